The van der Waals surface area contributed by atoms with Crippen LogP contribution in [0.3, 0.4) is 0 Å². The molecule has 0 amide bonds. The highest BCUT2D eigenvalue weighted by Crippen LogP contribution is 2.17. The molecule has 0 spiro atoms. The molecule has 0 aliphatic carbocycles. The average Bonchev–Trinajstić information content (AvgIpc) is 2.66. The summed E-state index contributed by atoms with van der Waals surface area (Å²) < 4.78 is 0. The van der Waals surface area contributed by atoms with Crippen LogP contribution in [-0.4, -0.2) is 21.6 Å². The first kappa shape index (κ1) is 11.5. The van der Waals surface area contributed by atoms with Crippen molar-refractivity contribution in [3.63, 3.8) is 0 Å². The van der Waals surface area contributed by atoms with Crippen molar-refractivity contribution in [2.45, 2.75) is 13.0 Å². The highest BCUT2D eigenvalue weighted by Gasteiger charge is 2.09. The molecule has 0 radical (unpaired) electrons. The maximum Gasteiger partial charge on any atom is 0.168 e. The quantitative estimate of drug-likeness (QED) is 0.642. The number of nitrogens with one attached hydrogen (secondary N) is 2. The Bertz CT molecular complexity index is 481. The third-order valence-corrected chi connectivity index (χ3v) is 2.50. The minimum atomic E-state index is -0.576. The van der Waals surface area contributed by atoms with Crippen molar-refractivity contribution in [3.05, 3.63) is 41.7 Å². The number of aliphatic hydroxyl groups excluding tert-OH is 1. The van der Waals surface area contributed by atoms with Crippen molar-refractivity contribution < 1.29 is 5.11 Å². The number of benzene rings is 1. The van der Waals surface area contributed by atoms with Gasteiger partial charge >= 0.3 is 0 Å². The summed E-state index contributed by atoms with van der Waals surface area (Å²) in [7, 11) is 0. The maximum atomic E-state index is 9.94. The van der Waals surface area contributed by atoms with E-state index >= 15 is 0 Å². The van der Waals surface area contributed by atoms with E-state index in [9.17, 15) is 5.11 Å². The lowest BCUT2D eigenvalue weighted by Gasteiger charge is -2.11. The molecule has 1 unspecified atom stereocenters. The Balaban J connectivity index is 1.97. The number of hydrogen-bond donors (Lipinski definition) is 4. The third-order valence-electron chi connectivity index (χ3n) is 2.50. The zero-order chi connectivity index (χ0) is 12.3. The van der Waals surface area contributed by atoms with Gasteiger partial charge in [-0.1, -0.05) is 30.3 Å². The number of anilines is 2. The van der Waals surface area contributed by atoms with Gasteiger partial charge in [-0.2, -0.15) is 0 Å². The molecule has 2 rings (SSSR count). The van der Waals surface area contributed by atoms with Crippen LogP contribution in [0, 0.1) is 6.92 Å². The van der Waals surface area contributed by atoms with Crippen LogP contribution in [0.2, 0.25) is 0 Å². The van der Waals surface area contributed by atoms with Crippen molar-refractivity contribution in [1.82, 2.24) is 9.97 Å². The molecule has 5 N–H and O–H groups in total. The zero-order valence-corrected chi connectivity index (χ0v) is 9.64. The fraction of sp³-hybridized carbons (Fsp3) is 0.250. The maximum absolute atomic E-state index is 9.94. The fourth-order valence-corrected chi connectivity index (χ4v) is 1.63. The van der Waals surface area contributed by atoms with Gasteiger partial charge in [0.2, 0.25) is 0 Å². The van der Waals surface area contributed by atoms with Crippen molar-refractivity contribution in [2.24, 2.45) is 0 Å². The topological polar surface area (TPSA) is 87.0 Å². The molecule has 1 aromatic carbocycles. The SMILES string of the molecule is Cc1nc(NCC(O)c2ccccc2)c(N)[nH]1. The lowest BCUT2D eigenvalue weighted by atomic mass is 10.1. The molecule has 0 bridgehead atoms. The number of imidazole rings is 1. The highest BCUT2D eigenvalue weighted by molar-refractivity contribution is 5.56. The van der Waals surface area contributed by atoms with Gasteiger partial charge in [0.1, 0.15) is 11.6 Å². The summed E-state index contributed by atoms with van der Waals surface area (Å²) in [6, 6.07) is 9.47. The molecule has 1 atom stereocenters. The first-order valence-corrected chi connectivity index (χ1v) is 5.46. The molecule has 17 heavy (non-hydrogen) atoms. The first-order chi connectivity index (χ1) is 8.16. The minimum Gasteiger partial charge on any atom is -0.387 e. The largest absolute Gasteiger partial charge is 0.387 e. The Hall–Kier alpha value is -2.01. The van der Waals surface area contributed by atoms with Crippen molar-refractivity contribution in [1.29, 1.82) is 0 Å². The van der Waals surface area contributed by atoms with Crippen LogP contribution in [-0.2, 0) is 0 Å². The number of nitrogens with two attached hydrogens (primary N) is 1. The molecule has 1 heterocycles. The Morgan fingerprint density at radius 2 is 2.12 bits per heavy atom. The molecule has 5 nitrogen and oxygen atoms in total. The number of H-pyrrole nitrogens is 1. The molecule has 0 saturated carbocycles. The summed E-state index contributed by atoms with van der Waals surface area (Å²) in [5, 5.41) is 13.0. The van der Waals surface area contributed by atoms with Crippen molar-refractivity contribution in [2.75, 3.05) is 17.6 Å². The number of rotatable bonds is 4. The number of aliphatic hydroxyl groups is 1. The Kier molecular flexibility index (Phi) is 3.30. The van der Waals surface area contributed by atoms with E-state index in [2.05, 4.69) is 15.3 Å². The number of aryl methyl sites for hydroxylation is 1. The second-order valence-corrected chi connectivity index (χ2v) is 3.89. The van der Waals surface area contributed by atoms with E-state index in [4.69, 9.17) is 5.73 Å². The van der Waals surface area contributed by atoms with Gasteiger partial charge in [-0.05, 0) is 12.5 Å². The molecule has 0 saturated heterocycles. The molecule has 0 fully saturated rings. The van der Waals surface area contributed by atoms with E-state index in [0.717, 1.165) is 11.4 Å². The molecule has 1 aromatic heterocycles. The van der Waals surface area contributed by atoms with Gasteiger partial charge in [0, 0.05) is 6.54 Å². The van der Waals surface area contributed by atoms with E-state index in [1.54, 1.807) is 0 Å². The monoisotopic (exact) mass is 232 g/mol. The molecular weight excluding hydrogens is 216 g/mol. The van der Waals surface area contributed by atoms with Gasteiger partial charge < -0.3 is 21.1 Å². The standard InChI is InChI=1S/C12H16N4O/c1-8-15-11(13)12(16-8)14-7-10(17)9-5-3-2-4-6-9/h2-6,10,14,17H,7,13H2,1H3,(H,15,16). The van der Waals surface area contributed by atoms with E-state index < -0.39 is 6.10 Å². The molecule has 90 valence electrons. The van der Waals surface area contributed by atoms with Crippen LogP contribution < -0.4 is 11.1 Å². The van der Waals surface area contributed by atoms with Crippen LogP contribution in [0.5, 0.6) is 0 Å². The van der Waals surface area contributed by atoms with Gasteiger partial charge in [-0.15, -0.1) is 0 Å². The Morgan fingerprint density at radius 3 is 2.71 bits per heavy atom. The molecule has 0 aliphatic heterocycles. The van der Waals surface area contributed by atoms with Gasteiger partial charge in [0.25, 0.3) is 0 Å². The molecule has 0 aliphatic rings. The normalized spacial score (nSPS) is 12.4. The van der Waals surface area contributed by atoms with Gasteiger partial charge in [0.15, 0.2) is 5.82 Å². The number of nitrogen functional groups attached to an aromatic ring is 1. The lowest BCUT2D eigenvalue weighted by molar-refractivity contribution is 0.191. The van der Waals surface area contributed by atoms with Gasteiger partial charge in [0.05, 0.1) is 6.10 Å². The molecule has 2 aromatic rings. The van der Waals surface area contributed by atoms with E-state index in [0.29, 0.717) is 18.2 Å². The summed E-state index contributed by atoms with van der Waals surface area (Å²) in [5.41, 5.74) is 6.57. The highest BCUT2D eigenvalue weighted by atomic mass is 16.3. The second-order valence-electron chi connectivity index (χ2n) is 3.89. The average molecular weight is 232 g/mol. The van der Waals surface area contributed by atoms with E-state index in [-0.39, 0.29) is 0 Å². The predicted octanol–water partition coefficient (Wildman–Crippen LogP) is 1.45. The summed E-state index contributed by atoms with van der Waals surface area (Å²) in [6.07, 6.45) is -0.576. The van der Waals surface area contributed by atoms with E-state index in [1.165, 1.54) is 0 Å². The summed E-state index contributed by atoms with van der Waals surface area (Å²) in [6.45, 7) is 2.20. The summed E-state index contributed by atoms with van der Waals surface area (Å²) in [5.74, 6) is 1.82. The smallest absolute Gasteiger partial charge is 0.168 e. The van der Waals surface area contributed by atoms with E-state index in [1.807, 2.05) is 37.3 Å². The Morgan fingerprint density at radius 1 is 1.41 bits per heavy atom. The summed E-state index contributed by atoms with van der Waals surface area (Å²) >= 11 is 0. The second kappa shape index (κ2) is 4.88. The van der Waals surface area contributed by atoms with Crippen LogP contribution >= 0.6 is 0 Å². The van der Waals surface area contributed by atoms with Crippen LogP contribution in [0.25, 0.3) is 0 Å². The third kappa shape index (κ3) is 2.76. The predicted molar refractivity (Wildman–Crippen MR) is 67.6 cm³/mol. The van der Waals surface area contributed by atoms with Crippen LogP contribution in [0.1, 0.15) is 17.5 Å². The minimum absolute atomic E-state index is 0.374. The lowest BCUT2D eigenvalue weighted by Crippen LogP contribution is -2.13. The Labute approximate surface area is 99.7 Å². The van der Waals surface area contributed by atoms with Crippen molar-refractivity contribution >= 4 is 11.6 Å². The number of aromatic amines is 1. The fourth-order valence-electron chi connectivity index (χ4n) is 1.63. The zero-order valence-electron chi connectivity index (χ0n) is 9.64. The first-order valence-electron chi connectivity index (χ1n) is 5.46. The summed E-state index contributed by atoms with van der Waals surface area (Å²) in [4.78, 5) is 7.07. The number of aromatic nitrogens is 2. The van der Waals surface area contributed by atoms with Crippen LogP contribution in [0.15, 0.2) is 30.3 Å². The molecular formula is C12H16N4O. The van der Waals surface area contributed by atoms with Gasteiger partial charge in [-0.3, -0.25) is 0 Å². The van der Waals surface area contributed by atoms with Gasteiger partial charge in [-0.25, -0.2) is 4.98 Å². The van der Waals surface area contributed by atoms with Crippen molar-refractivity contribution in [3.8, 4) is 0 Å². The number of nitrogens with zero attached hydrogens (tertiary/aromatic N) is 1. The van der Waals surface area contributed by atoms with Crippen LogP contribution in [0.4, 0.5) is 11.6 Å². The molecule has 5 heteroatoms. The number of hydrogen-bond acceptors (Lipinski definition) is 4.